The molecular formula is C20H29ClN2O5. The fourth-order valence-corrected chi connectivity index (χ4v) is 4.17. The van der Waals surface area contributed by atoms with Crippen LogP contribution in [-0.4, -0.2) is 67.2 Å². The number of piperidine rings is 1. The molecule has 1 aromatic carbocycles. The van der Waals surface area contributed by atoms with Crippen LogP contribution in [0.3, 0.4) is 0 Å². The van der Waals surface area contributed by atoms with Crippen LogP contribution in [0.25, 0.3) is 0 Å². The summed E-state index contributed by atoms with van der Waals surface area (Å²) in [5.74, 6) is 0.398. The van der Waals surface area contributed by atoms with Gasteiger partial charge in [-0.15, -0.1) is 12.4 Å². The van der Waals surface area contributed by atoms with Gasteiger partial charge >= 0.3 is 5.97 Å². The lowest BCUT2D eigenvalue weighted by Crippen LogP contribution is -2.45. The summed E-state index contributed by atoms with van der Waals surface area (Å²) < 4.78 is 10.8. The van der Waals surface area contributed by atoms with Crippen LogP contribution >= 0.6 is 12.4 Å². The van der Waals surface area contributed by atoms with Crippen LogP contribution in [0, 0.1) is 5.92 Å². The fourth-order valence-electron chi connectivity index (χ4n) is 4.17. The molecule has 1 N–H and O–H groups in total. The number of aliphatic carboxylic acids is 1. The summed E-state index contributed by atoms with van der Waals surface area (Å²) in [6, 6.07) is 5.62. The number of benzene rings is 1. The first-order valence-electron chi connectivity index (χ1n) is 9.50. The number of halogens is 1. The number of carboxylic acid groups (broad SMARTS) is 1. The third-order valence-electron chi connectivity index (χ3n) is 5.58. The second-order valence-electron chi connectivity index (χ2n) is 7.27. The van der Waals surface area contributed by atoms with Gasteiger partial charge in [-0.25, -0.2) is 0 Å². The van der Waals surface area contributed by atoms with Crippen LogP contribution < -0.4 is 9.47 Å². The van der Waals surface area contributed by atoms with Crippen molar-refractivity contribution in [3.05, 3.63) is 23.8 Å². The van der Waals surface area contributed by atoms with Crippen LogP contribution in [0.4, 0.5) is 0 Å². The Hall–Kier alpha value is -1.99. The molecule has 28 heavy (non-hydrogen) atoms. The molecule has 156 valence electrons. The number of nitrogens with zero attached hydrogens (tertiary/aromatic N) is 2. The monoisotopic (exact) mass is 412 g/mol. The summed E-state index contributed by atoms with van der Waals surface area (Å²) in [6.45, 7) is 2.20. The summed E-state index contributed by atoms with van der Waals surface area (Å²) in [4.78, 5) is 28.1. The minimum atomic E-state index is -0.771. The van der Waals surface area contributed by atoms with Crippen LogP contribution in [0.15, 0.2) is 18.2 Å². The van der Waals surface area contributed by atoms with Crippen molar-refractivity contribution in [1.82, 2.24) is 9.80 Å². The van der Waals surface area contributed by atoms with Gasteiger partial charge in [-0.2, -0.15) is 0 Å². The lowest BCUT2D eigenvalue weighted by atomic mass is 9.98. The van der Waals surface area contributed by atoms with Crippen LogP contribution in [0.2, 0.25) is 0 Å². The Kier molecular flexibility index (Phi) is 7.95. The van der Waals surface area contributed by atoms with Gasteiger partial charge in [0.1, 0.15) is 11.5 Å². The second-order valence-corrected chi connectivity index (χ2v) is 7.27. The van der Waals surface area contributed by atoms with E-state index in [1.54, 1.807) is 14.2 Å². The minimum absolute atomic E-state index is 0. The van der Waals surface area contributed by atoms with E-state index in [-0.39, 0.29) is 36.8 Å². The maximum atomic E-state index is 13.0. The number of amides is 1. The third kappa shape index (κ3) is 4.89. The highest BCUT2D eigenvalue weighted by molar-refractivity contribution is 5.85. The number of hydrogen-bond donors (Lipinski definition) is 1. The predicted octanol–water partition coefficient (Wildman–Crippen LogP) is 2.59. The normalized spacial score (nSPS) is 22.4. The third-order valence-corrected chi connectivity index (χ3v) is 5.58. The van der Waals surface area contributed by atoms with Gasteiger partial charge in [0.15, 0.2) is 0 Å². The summed E-state index contributed by atoms with van der Waals surface area (Å²) in [5, 5.41) is 9.25. The molecule has 7 nitrogen and oxygen atoms in total. The number of methoxy groups -OCH3 is 2. The van der Waals surface area contributed by atoms with Gasteiger partial charge in [-0.05, 0) is 50.4 Å². The fraction of sp³-hybridized carbons (Fsp3) is 0.600. The lowest BCUT2D eigenvalue weighted by molar-refractivity contribution is -0.145. The molecule has 2 aliphatic heterocycles. The number of carbonyl (C=O) groups excluding carboxylic acids is 1. The zero-order valence-electron chi connectivity index (χ0n) is 16.4. The van der Waals surface area contributed by atoms with E-state index in [9.17, 15) is 14.7 Å². The first kappa shape index (κ1) is 22.3. The molecule has 0 aromatic heterocycles. The zero-order chi connectivity index (χ0) is 19.4. The number of carboxylic acids is 1. The second kappa shape index (κ2) is 9.98. The van der Waals surface area contributed by atoms with Crippen LogP contribution in [0.5, 0.6) is 11.5 Å². The van der Waals surface area contributed by atoms with E-state index in [1.807, 2.05) is 28.0 Å². The van der Waals surface area contributed by atoms with Crippen molar-refractivity contribution in [2.45, 2.75) is 31.7 Å². The van der Waals surface area contributed by atoms with E-state index in [4.69, 9.17) is 9.47 Å². The SMILES string of the molecule is COc1ccc(OC)c(C2CCCN2C(=O)CN2CCCC(C(=O)O)C2)c1.Cl. The maximum absolute atomic E-state index is 13.0. The molecule has 0 spiro atoms. The molecule has 2 atom stereocenters. The summed E-state index contributed by atoms with van der Waals surface area (Å²) in [6.07, 6.45) is 3.33. The van der Waals surface area contributed by atoms with Crippen LogP contribution in [-0.2, 0) is 9.59 Å². The van der Waals surface area contributed by atoms with E-state index < -0.39 is 5.97 Å². The number of ether oxygens (including phenoxy) is 2. The Morgan fingerprint density at radius 1 is 1.14 bits per heavy atom. The smallest absolute Gasteiger partial charge is 0.307 e. The van der Waals surface area contributed by atoms with Crippen molar-refractivity contribution < 1.29 is 24.2 Å². The Morgan fingerprint density at radius 3 is 2.57 bits per heavy atom. The predicted molar refractivity (Wildman–Crippen MR) is 107 cm³/mol. The van der Waals surface area contributed by atoms with E-state index >= 15 is 0 Å². The molecule has 0 radical (unpaired) electrons. The van der Waals surface area contributed by atoms with Gasteiger partial charge in [0.05, 0.1) is 32.7 Å². The molecule has 0 aliphatic carbocycles. The Balaban J connectivity index is 0.00000280. The molecule has 2 aliphatic rings. The van der Waals surface area contributed by atoms with E-state index in [0.717, 1.165) is 42.9 Å². The molecule has 1 amide bonds. The van der Waals surface area contributed by atoms with Gasteiger partial charge in [0.2, 0.25) is 5.91 Å². The van der Waals surface area contributed by atoms with Gasteiger partial charge in [0, 0.05) is 18.7 Å². The van der Waals surface area contributed by atoms with Crippen molar-refractivity contribution in [2.75, 3.05) is 40.4 Å². The Labute approximate surface area is 172 Å². The maximum Gasteiger partial charge on any atom is 0.307 e. The number of hydrogen-bond acceptors (Lipinski definition) is 5. The Morgan fingerprint density at radius 2 is 1.89 bits per heavy atom. The molecular weight excluding hydrogens is 384 g/mol. The molecule has 2 fully saturated rings. The molecule has 8 heteroatoms. The molecule has 0 bridgehead atoms. The van der Waals surface area contributed by atoms with Crippen LogP contribution in [0.1, 0.15) is 37.3 Å². The van der Waals surface area contributed by atoms with Crippen molar-refractivity contribution in [3.63, 3.8) is 0 Å². The van der Waals surface area contributed by atoms with E-state index in [1.165, 1.54) is 0 Å². The highest BCUT2D eigenvalue weighted by Crippen LogP contribution is 2.39. The summed E-state index contributed by atoms with van der Waals surface area (Å²) in [5.41, 5.74) is 0.963. The summed E-state index contributed by atoms with van der Waals surface area (Å²) >= 11 is 0. The number of rotatable bonds is 6. The van der Waals surface area contributed by atoms with E-state index in [0.29, 0.717) is 19.5 Å². The zero-order valence-corrected chi connectivity index (χ0v) is 17.2. The average Bonchev–Trinajstić information content (AvgIpc) is 3.17. The van der Waals surface area contributed by atoms with Crippen molar-refractivity contribution >= 4 is 24.3 Å². The topological polar surface area (TPSA) is 79.3 Å². The van der Waals surface area contributed by atoms with Gasteiger partial charge in [0.25, 0.3) is 0 Å². The first-order chi connectivity index (χ1) is 13.0. The van der Waals surface area contributed by atoms with Gasteiger partial charge in [-0.1, -0.05) is 0 Å². The standard InChI is InChI=1S/C20H28N2O5.ClH/c1-26-15-7-8-18(27-2)16(11-15)17-6-4-10-22(17)19(23)13-21-9-3-5-14(12-21)20(24)25;/h7-8,11,14,17H,3-6,9-10,12-13H2,1-2H3,(H,24,25);1H. The first-order valence-corrected chi connectivity index (χ1v) is 9.50. The minimum Gasteiger partial charge on any atom is -0.497 e. The highest BCUT2D eigenvalue weighted by Gasteiger charge is 2.34. The Bertz CT molecular complexity index is 699. The quantitative estimate of drug-likeness (QED) is 0.773. The average molecular weight is 413 g/mol. The molecule has 2 heterocycles. The molecule has 2 unspecified atom stereocenters. The van der Waals surface area contributed by atoms with Gasteiger partial charge < -0.3 is 19.5 Å². The largest absolute Gasteiger partial charge is 0.497 e. The molecule has 1 aromatic rings. The van der Waals surface area contributed by atoms with E-state index in [2.05, 4.69) is 0 Å². The van der Waals surface area contributed by atoms with Crippen molar-refractivity contribution in [3.8, 4) is 11.5 Å². The summed E-state index contributed by atoms with van der Waals surface area (Å²) in [7, 11) is 3.25. The molecule has 0 saturated carbocycles. The number of carbonyl (C=O) groups is 2. The van der Waals surface area contributed by atoms with Gasteiger partial charge in [-0.3, -0.25) is 14.5 Å². The number of likely N-dealkylation sites (tertiary alicyclic amines) is 2. The molecule has 3 rings (SSSR count). The van der Waals surface area contributed by atoms with Crippen molar-refractivity contribution in [2.24, 2.45) is 5.92 Å². The van der Waals surface area contributed by atoms with Crippen molar-refractivity contribution in [1.29, 1.82) is 0 Å². The lowest BCUT2D eigenvalue weighted by Gasteiger charge is -2.33. The highest BCUT2D eigenvalue weighted by atomic mass is 35.5. The molecule has 2 saturated heterocycles.